The van der Waals surface area contributed by atoms with Crippen LogP contribution in [-0.2, 0) is 46.5 Å². The Morgan fingerprint density at radius 3 is 2.18 bits per heavy atom. The van der Waals surface area contributed by atoms with Crippen LogP contribution in [0, 0.1) is 5.92 Å². The first-order valence-corrected chi connectivity index (χ1v) is 19.1. The van der Waals surface area contributed by atoms with E-state index < -0.39 is 53.5 Å². The SMILES string of the molecule is NCCOCCNC(=O)[C@@H]1CCNC(=O)/C=C/C(=O)N2CCC[C@H](C2)C(=O)N[C@@H](C(c2ccccc2)c2ccccc2)C(=O)NCc2ccccc2CC(=O)N1. The van der Waals surface area contributed by atoms with E-state index in [4.69, 9.17) is 10.5 Å². The summed E-state index contributed by atoms with van der Waals surface area (Å²) >= 11 is 0. The van der Waals surface area contributed by atoms with Gasteiger partial charge in [-0.3, -0.25) is 28.8 Å². The minimum Gasteiger partial charge on any atom is -0.378 e. The molecular formula is C42H51N7O7. The second-order valence-corrected chi connectivity index (χ2v) is 13.8. The monoisotopic (exact) mass is 765 g/mol. The maximum absolute atomic E-state index is 14.4. The highest BCUT2D eigenvalue weighted by Gasteiger charge is 2.36. The summed E-state index contributed by atoms with van der Waals surface area (Å²) in [5, 5.41) is 14.3. The molecule has 7 N–H and O–H groups in total. The number of hydrogen-bond acceptors (Lipinski definition) is 8. The van der Waals surface area contributed by atoms with Crippen LogP contribution in [0.5, 0.6) is 0 Å². The number of nitrogens with two attached hydrogens (primary N) is 1. The minimum atomic E-state index is -1.05. The predicted octanol–water partition coefficient (Wildman–Crippen LogP) is 1.05. The fourth-order valence-corrected chi connectivity index (χ4v) is 6.95. The third kappa shape index (κ3) is 12.1. The first-order valence-electron chi connectivity index (χ1n) is 19.1. The largest absolute Gasteiger partial charge is 0.378 e. The van der Waals surface area contributed by atoms with Gasteiger partial charge in [-0.05, 0) is 41.5 Å². The Bertz CT molecular complexity index is 1800. The normalized spacial score (nSPS) is 20.9. The van der Waals surface area contributed by atoms with Gasteiger partial charge in [-0.1, -0.05) is 84.9 Å². The fraction of sp³-hybridized carbons (Fsp3) is 0.381. The summed E-state index contributed by atoms with van der Waals surface area (Å²) in [5.74, 6) is -3.83. The molecule has 6 amide bonds. The summed E-state index contributed by atoms with van der Waals surface area (Å²) in [6.07, 6.45) is 3.32. The number of nitrogens with zero attached hydrogens (tertiary/aromatic N) is 1. The van der Waals surface area contributed by atoms with Crippen molar-refractivity contribution >= 4 is 35.4 Å². The second-order valence-electron chi connectivity index (χ2n) is 13.8. The van der Waals surface area contributed by atoms with Gasteiger partial charge in [0.15, 0.2) is 0 Å². The maximum Gasteiger partial charge on any atom is 0.246 e. The van der Waals surface area contributed by atoms with Crippen LogP contribution in [0.3, 0.4) is 0 Å². The molecule has 0 saturated carbocycles. The Kier molecular flexibility index (Phi) is 15.7. The average Bonchev–Trinajstić information content (AvgIpc) is 3.22. The molecule has 2 bridgehead atoms. The standard InChI is InChI=1S/C42H51N7O7/c43-20-24-56-25-22-45-41(54)34-19-21-44-35(50)17-18-37(52)49-23-9-16-33(28-49)40(53)48-39(38(29-10-3-1-4-11-29)30-12-5-2-6-13-30)42(55)46-27-32-15-8-7-14-31(32)26-36(51)47-34/h1-8,10-15,17-18,33-34,38-39H,9,16,19-28,43H2,(H,44,50)(H,45,54)(H,46,55)(H,47,51)(H,48,53)/b18-17+/t33-,34+,39+/m1/s1. The summed E-state index contributed by atoms with van der Waals surface area (Å²) < 4.78 is 5.34. The Morgan fingerprint density at radius 1 is 0.804 bits per heavy atom. The number of benzene rings is 3. The van der Waals surface area contributed by atoms with Crippen LogP contribution in [0.15, 0.2) is 97.1 Å². The molecule has 296 valence electrons. The molecule has 0 aromatic heterocycles. The van der Waals surface area contributed by atoms with E-state index in [1.807, 2.05) is 66.7 Å². The van der Waals surface area contributed by atoms with Crippen LogP contribution in [0.2, 0.25) is 0 Å². The molecule has 14 heteroatoms. The van der Waals surface area contributed by atoms with Gasteiger partial charge >= 0.3 is 0 Å². The molecule has 2 aliphatic rings. The summed E-state index contributed by atoms with van der Waals surface area (Å²) in [6.45, 7) is 1.72. The highest BCUT2D eigenvalue weighted by molar-refractivity contribution is 5.97. The highest BCUT2D eigenvalue weighted by atomic mass is 16.5. The third-order valence-corrected chi connectivity index (χ3v) is 9.83. The molecule has 0 radical (unpaired) electrons. The number of carbonyl (C=O) groups excluding carboxylic acids is 6. The van der Waals surface area contributed by atoms with Crippen molar-refractivity contribution in [3.05, 3.63) is 119 Å². The number of carbonyl (C=O) groups is 6. The smallest absolute Gasteiger partial charge is 0.246 e. The van der Waals surface area contributed by atoms with Crippen molar-refractivity contribution in [3.63, 3.8) is 0 Å². The second kappa shape index (κ2) is 21.3. The summed E-state index contributed by atoms with van der Waals surface area (Å²) in [6, 6.07) is 24.1. The molecule has 56 heavy (non-hydrogen) atoms. The van der Waals surface area contributed by atoms with Crippen molar-refractivity contribution in [2.75, 3.05) is 45.9 Å². The lowest BCUT2D eigenvalue weighted by molar-refractivity contribution is -0.135. The van der Waals surface area contributed by atoms with E-state index in [0.29, 0.717) is 43.7 Å². The molecule has 5 rings (SSSR count). The third-order valence-electron chi connectivity index (χ3n) is 9.83. The molecular weight excluding hydrogens is 715 g/mol. The minimum absolute atomic E-state index is 0.0299. The summed E-state index contributed by atoms with van der Waals surface area (Å²) in [5.41, 5.74) is 8.42. The van der Waals surface area contributed by atoms with E-state index >= 15 is 0 Å². The van der Waals surface area contributed by atoms with E-state index in [1.54, 1.807) is 18.2 Å². The van der Waals surface area contributed by atoms with Gasteiger partial charge in [0.1, 0.15) is 12.1 Å². The Morgan fingerprint density at radius 2 is 1.48 bits per heavy atom. The van der Waals surface area contributed by atoms with Crippen molar-refractivity contribution in [1.82, 2.24) is 31.5 Å². The fourth-order valence-electron chi connectivity index (χ4n) is 6.95. The van der Waals surface area contributed by atoms with Crippen LogP contribution >= 0.6 is 0 Å². The average molecular weight is 766 g/mol. The molecule has 3 aromatic rings. The zero-order valence-corrected chi connectivity index (χ0v) is 31.4. The molecule has 0 unspecified atom stereocenters. The Hall–Kier alpha value is -5.86. The first kappa shape index (κ1) is 41.3. The highest BCUT2D eigenvalue weighted by Crippen LogP contribution is 2.29. The number of rotatable bonds is 9. The molecule has 2 aliphatic heterocycles. The zero-order chi connectivity index (χ0) is 39.7. The van der Waals surface area contributed by atoms with Gasteiger partial charge in [0.2, 0.25) is 35.4 Å². The van der Waals surface area contributed by atoms with Gasteiger partial charge < -0.3 is 42.0 Å². The number of piperidine rings is 1. The number of hydrogen-bond donors (Lipinski definition) is 6. The van der Waals surface area contributed by atoms with Gasteiger partial charge in [-0.2, -0.15) is 0 Å². The van der Waals surface area contributed by atoms with Gasteiger partial charge in [-0.15, -0.1) is 0 Å². The number of fused-ring (bicyclic) bond motifs is 3. The molecule has 1 saturated heterocycles. The van der Waals surface area contributed by atoms with Gasteiger partial charge in [0, 0.05) is 57.3 Å². The first-order chi connectivity index (χ1) is 27.2. The number of ether oxygens (including phenoxy) is 1. The van der Waals surface area contributed by atoms with E-state index in [9.17, 15) is 28.8 Å². The number of amides is 6. The van der Waals surface area contributed by atoms with E-state index in [-0.39, 0.29) is 51.5 Å². The van der Waals surface area contributed by atoms with Crippen molar-refractivity contribution in [2.45, 2.75) is 50.2 Å². The Labute approximate surface area is 327 Å². The maximum atomic E-state index is 14.4. The van der Waals surface area contributed by atoms with Crippen LogP contribution < -0.4 is 32.3 Å². The summed E-state index contributed by atoms with van der Waals surface area (Å²) in [7, 11) is 0. The van der Waals surface area contributed by atoms with Gasteiger partial charge in [0.05, 0.1) is 25.6 Å². The van der Waals surface area contributed by atoms with Crippen LogP contribution in [0.25, 0.3) is 0 Å². The Balaban J connectivity index is 1.45. The zero-order valence-electron chi connectivity index (χ0n) is 31.4. The summed E-state index contributed by atoms with van der Waals surface area (Å²) in [4.78, 5) is 82.6. The lowest BCUT2D eigenvalue weighted by Gasteiger charge is -2.34. The molecule has 3 aromatic carbocycles. The van der Waals surface area contributed by atoms with Gasteiger partial charge in [0.25, 0.3) is 0 Å². The molecule has 0 aliphatic carbocycles. The topological polar surface area (TPSA) is 201 Å². The van der Waals surface area contributed by atoms with Crippen LogP contribution in [0.1, 0.15) is 47.4 Å². The number of nitrogens with one attached hydrogen (secondary N) is 5. The van der Waals surface area contributed by atoms with Crippen molar-refractivity contribution in [2.24, 2.45) is 11.7 Å². The van der Waals surface area contributed by atoms with Crippen LogP contribution in [0.4, 0.5) is 0 Å². The predicted molar refractivity (Wildman–Crippen MR) is 210 cm³/mol. The quantitative estimate of drug-likeness (QED) is 0.174. The lowest BCUT2D eigenvalue weighted by atomic mass is 9.84. The molecule has 1 fully saturated rings. The molecule has 0 spiro atoms. The van der Waals surface area contributed by atoms with Crippen LogP contribution in [-0.4, -0.2) is 98.4 Å². The van der Waals surface area contributed by atoms with Crippen molar-refractivity contribution in [3.8, 4) is 0 Å². The van der Waals surface area contributed by atoms with E-state index in [0.717, 1.165) is 23.3 Å². The lowest BCUT2D eigenvalue weighted by Crippen LogP contribution is -2.54. The van der Waals surface area contributed by atoms with Crippen molar-refractivity contribution in [1.29, 1.82) is 0 Å². The van der Waals surface area contributed by atoms with E-state index in [1.165, 1.54) is 4.90 Å². The molecule has 14 nitrogen and oxygen atoms in total. The van der Waals surface area contributed by atoms with Gasteiger partial charge in [-0.25, -0.2) is 0 Å². The molecule has 3 atom stereocenters. The van der Waals surface area contributed by atoms with E-state index in [2.05, 4.69) is 26.6 Å². The van der Waals surface area contributed by atoms with Crippen molar-refractivity contribution < 1.29 is 33.5 Å². The molecule has 2 heterocycles.